The van der Waals surface area contributed by atoms with Crippen LogP contribution in [-0.4, -0.2) is 42.8 Å². The van der Waals surface area contributed by atoms with Crippen LogP contribution in [0.1, 0.15) is 79.0 Å². The van der Waals surface area contributed by atoms with Gasteiger partial charge in [0.2, 0.25) is 0 Å². The first-order valence-electron chi connectivity index (χ1n) is 14.8. The highest BCUT2D eigenvalue weighted by Gasteiger charge is 2.15. The van der Waals surface area contributed by atoms with E-state index in [0.29, 0.717) is 53.8 Å². The molecule has 0 radical (unpaired) electrons. The zero-order chi connectivity index (χ0) is 30.9. The fraction of sp³-hybridized carbons (Fsp3) is 0.343. The predicted octanol–water partition coefficient (Wildman–Crippen LogP) is 7.90. The van der Waals surface area contributed by atoms with Gasteiger partial charge in [0.1, 0.15) is 17.2 Å². The second kappa shape index (κ2) is 18.1. The molecule has 0 atom stereocenters. The second-order valence-electron chi connectivity index (χ2n) is 9.99. The van der Waals surface area contributed by atoms with E-state index in [9.17, 15) is 19.5 Å². The van der Waals surface area contributed by atoms with Gasteiger partial charge >= 0.3 is 17.9 Å². The Hall–Kier alpha value is -4.59. The van der Waals surface area contributed by atoms with E-state index >= 15 is 0 Å². The van der Waals surface area contributed by atoms with Gasteiger partial charge in [0.15, 0.2) is 0 Å². The van der Waals surface area contributed by atoms with Gasteiger partial charge in [0, 0.05) is 6.08 Å². The molecule has 3 rings (SSSR count). The molecule has 0 amide bonds. The fourth-order valence-corrected chi connectivity index (χ4v) is 4.29. The van der Waals surface area contributed by atoms with E-state index in [1.54, 1.807) is 66.7 Å². The van der Waals surface area contributed by atoms with Crippen LogP contribution in [0.15, 0.2) is 79.4 Å². The van der Waals surface area contributed by atoms with E-state index in [2.05, 4.69) is 13.5 Å². The Bertz CT molecular complexity index is 1330. The molecule has 0 bridgehead atoms. The molecule has 43 heavy (non-hydrogen) atoms. The van der Waals surface area contributed by atoms with Gasteiger partial charge in [-0.05, 0) is 97.8 Å². The van der Waals surface area contributed by atoms with Crippen LogP contribution >= 0.6 is 0 Å². The van der Waals surface area contributed by atoms with E-state index in [-0.39, 0.29) is 5.56 Å². The lowest BCUT2D eigenvalue weighted by Crippen LogP contribution is -2.08. The fourth-order valence-electron chi connectivity index (χ4n) is 4.29. The van der Waals surface area contributed by atoms with Crippen LogP contribution in [0.3, 0.4) is 0 Å². The first-order valence-corrected chi connectivity index (χ1v) is 14.8. The third-order valence-corrected chi connectivity index (χ3v) is 6.67. The first-order chi connectivity index (χ1) is 20.9. The zero-order valence-electron chi connectivity index (χ0n) is 24.7. The quantitative estimate of drug-likeness (QED) is 0.0652. The van der Waals surface area contributed by atoms with E-state index in [4.69, 9.17) is 18.9 Å². The Morgan fingerprint density at radius 2 is 1.30 bits per heavy atom. The average Bonchev–Trinajstić information content (AvgIpc) is 3.02. The average molecular weight is 589 g/mol. The van der Waals surface area contributed by atoms with Crippen molar-refractivity contribution in [2.75, 3.05) is 19.8 Å². The third kappa shape index (κ3) is 11.3. The zero-order valence-corrected chi connectivity index (χ0v) is 24.7. The summed E-state index contributed by atoms with van der Waals surface area (Å²) >= 11 is 0. The van der Waals surface area contributed by atoms with Crippen LogP contribution in [0, 0.1) is 0 Å². The number of benzene rings is 3. The SMILES string of the molecule is C=CC(=O)OCCCCCCOc1ccc(C(=O)Oc2ccc(-c3cc(OCCCCCC)ccc3C(=O)O)cc2)cc1. The largest absolute Gasteiger partial charge is 0.494 e. The number of ether oxygens (including phenoxy) is 4. The molecule has 0 spiro atoms. The maximum atomic E-state index is 12.7. The second-order valence-corrected chi connectivity index (χ2v) is 9.99. The molecule has 0 unspecified atom stereocenters. The molecule has 3 aromatic rings. The lowest BCUT2D eigenvalue weighted by atomic mass is 9.99. The van der Waals surface area contributed by atoms with Crippen molar-refractivity contribution in [2.24, 2.45) is 0 Å². The summed E-state index contributed by atoms with van der Waals surface area (Å²) in [6.45, 7) is 7.02. The summed E-state index contributed by atoms with van der Waals surface area (Å²) < 4.78 is 22.1. The summed E-state index contributed by atoms with van der Waals surface area (Å²) in [6, 6.07) is 18.4. The maximum absolute atomic E-state index is 12.7. The summed E-state index contributed by atoms with van der Waals surface area (Å²) in [5, 5.41) is 9.70. The monoisotopic (exact) mass is 588 g/mol. The number of unbranched alkanes of at least 4 members (excludes halogenated alkanes) is 6. The molecular weight excluding hydrogens is 548 g/mol. The normalized spacial score (nSPS) is 10.5. The van der Waals surface area contributed by atoms with Gasteiger partial charge in [-0.1, -0.05) is 44.9 Å². The van der Waals surface area contributed by atoms with Crippen molar-refractivity contribution in [3.63, 3.8) is 0 Å². The van der Waals surface area contributed by atoms with E-state index in [0.717, 1.165) is 57.4 Å². The van der Waals surface area contributed by atoms with Crippen molar-refractivity contribution in [1.29, 1.82) is 0 Å². The topological polar surface area (TPSA) is 108 Å². The number of carbonyl (C=O) groups is 3. The number of rotatable bonds is 19. The van der Waals surface area contributed by atoms with Gasteiger partial charge in [-0.15, -0.1) is 0 Å². The molecule has 0 saturated heterocycles. The minimum absolute atomic E-state index is 0.164. The Morgan fingerprint density at radius 3 is 1.93 bits per heavy atom. The van der Waals surface area contributed by atoms with Crippen molar-refractivity contribution < 1.29 is 38.4 Å². The molecule has 0 aromatic heterocycles. The van der Waals surface area contributed by atoms with Crippen LogP contribution in [0.4, 0.5) is 0 Å². The first kappa shape index (κ1) is 32.9. The molecule has 0 saturated carbocycles. The number of esters is 2. The van der Waals surface area contributed by atoms with Crippen LogP contribution in [0.5, 0.6) is 17.2 Å². The summed E-state index contributed by atoms with van der Waals surface area (Å²) in [6.07, 6.45) is 9.03. The molecule has 8 heteroatoms. The summed E-state index contributed by atoms with van der Waals surface area (Å²) in [5.41, 5.74) is 1.74. The van der Waals surface area contributed by atoms with Gasteiger partial charge in [-0.25, -0.2) is 14.4 Å². The maximum Gasteiger partial charge on any atom is 0.343 e. The van der Waals surface area contributed by atoms with E-state index in [1.807, 2.05) is 0 Å². The molecule has 1 N–H and O–H groups in total. The number of hydrogen-bond donors (Lipinski definition) is 1. The molecule has 8 nitrogen and oxygen atoms in total. The summed E-state index contributed by atoms with van der Waals surface area (Å²) in [7, 11) is 0. The predicted molar refractivity (Wildman–Crippen MR) is 165 cm³/mol. The Balaban J connectivity index is 1.49. The summed E-state index contributed by atoms with van der Waals surface area (Å²) in [4.78, 5) is 35.5. The van der Waals surface area contributed by atoms with E-state index in [1.165, 1.54) is 0 Å². The van der Waals surface area contributed by atoms with Crippen molar-refractivity contribution in [3.05, 3.63) is 90.5 Å². The van der Waals surface area contributed by atoms with Gasteiger partial charge in [0.05, 0.1) is 30.9 Å². The number of carboxylic acids is 1. The molecule has 0 heterocycles. The van der Waals surface area contributed by atoms with Crippen LogP contribution in [0.2, 0.25) is 0 Å². The minimum atomic E-state index is -1.03. The van der Waals surface area contributed by atoms with Gasteiger partial charge in [-0.3, -0.25) is 0 Å². The van der Waals surface area contributed by atoms with Crippen molar-refractivity contribution >= 4 is 17.9 Å². The molecule has 0 fully saturated rings. The summed E-state index contributed by atoms with van der Waals surface area (Å²) in [5.74, 6) is -0.336. The van der Waals surface area contributed by atoms with Crippen molar-refractivity contribution in [3.8, 4) is 28.4 Å². The minimum Gasteiger partial charge on any atom is -0.494 e. The number of carboxylic acid groups (broad SMARTS) is 1. The van der Waals surface area contributed by atoms with Crippen LogP contribution < -0.4 is 14.2 Å². The lowest BCUT2D eigenvalue weighted by Gasteiger charge is -2.12. The van der Waals surface area contributed by atoms with Gasteiger partial charge < -0.3 is 24.1 Å². The smallest absolute Gasteiger partial charge is 0.343 e. The standard InChI is InChI=1S/C35H40O8/c1-3-5-6-9-23-41-30-20-21-31(34(37)38)32(25-30)26-12-18-29(19-13-26)43-35(39)27-14-16-28(17-15-27)40-22-10-7-8-11-24-42-33(36)4-2/h4,12-21,25H,2-3,5-11,22-24H2,1H3,(H,37,38). The highest BCUT2D eigenvalue weighted by atomic mass is 16.5. The Morgan fingerprint density at radius 1 is 0.721 bits per heavy atom. The van der Waals surface area contributed by atoms with Gasteiger partial charge in [0.25, 0.3) is 0 Å². The Labute approximate surface area is 253 Å². The molecule has 3 aromatic carbocycles. The van der Waals surface area contributed by atoms with Crippen LogP contribution in [-0.2, 0) is 9.53 Å². The van der Waals surface area contributed by atoms with Crippen molar-refractivity contribution in [1.82, 2.24) is 0 Å². The van der Waals surface area contributed by atoms with Crippen LogP contribution in [0.25, 0.3) is 11.1 Å². The van der Waals surface area contributed by atoms with Gasteiger partial charge in [-0.2, -0.15) is 0 Å². The highest BCUT2D eigenvalue weighted by Crippen LogP contribution is 2.30. The molecule has 0 aliphatic carbocycles. The van der Waals surface area contributed by atoms with E-state index < -0.39 is 17.9 Å². The van der Waals surface area contributed by atoms with Crippen molar-refractivity contribution in [2.45, 2.75) is 58.3 Å². The molecular formula is C35H40O8. The third-order valence-electron chi connectivity index (χ3n) is 6.67. The Kier molecular flexibility index (Phi) is 13.8. The lowest BCUT2D eigenvalue weighted by molar-refractivity contribution is -0.137. The number of carbonyl (C=O) groups excluding carboxylic acids is 2. The molecule has 0 aliphatic heterocycles. The number of hydrogen-bond acceptors (Lipinski definition) is 7. The molecule has 0 aliphatic rings. The number of aromatic carboxylic acids is 1. The molecule has 228 valence electrons. The highest BCUT2D eigenvalue weighted by molar-refractivity contribution is 5.96.